The summed E-state index contributed by atoms with van der Waals surface area (Å²) in [5.41, 5.74) is 4.17. The molecule has 0 fully saturated rings. The SMILES string of the molecule is O=C(N/N=C/c1ccc(Cl)cc1)/C(=C/c1ccccc1Cl)NC(=O)c1ccccc1. The normalized spacial score (nSPS) is 11.3. The highest BCUT2D eigenvalue weighted by Crippen LogP contribution is 2.18. The third kappa shape index (κ3) is 6.04. The summed E-state index contributed by atoms with van der Waals surface area (Å²) in [7, 11) is 0. The number of halogens is 2. The van der Waals surface area contributed by atoms with E-state index in [1.54, 1.807) is 78.9 Å². The molecule has 2 N–H and O–H groups in total. The highest BCUT2D eigenvalue weighted by atomic mass is 35.5. The van der Waals surface area contributed by atoms with Crippen LogP contribution in [0.4, 0.5) is 0 Å². The summed E-state index contributed by atoms with van der Waals surface area (Å²) >= 11 is 12.0. The lowest BCUT2D eigenvalue weighted by Crippen LogP contribution is -2.32. The Balaban J connectivity index is 1.81. The molecule has 0 aliphatic rings. The molecule has 7 heteroatoms. The predicted molar refractivity (Wildman–Crippen MR) is 121 cm³/mol. The Morgan fingerprint density at radius 3 is 2.20 bits per heavy atom. The Labute approximate surface area is 184 Å². The molecule has 30 heavy (non-hydrogen) atoms. The minimum Gasteiger partial charge on any atom is -0.317 e. The van der Waals surface area contributed by atoms with Crippen molar-refractivity contribution >= 4 is 47.3 Å². The zero-order valence-electron chi connectivity index (χ0n) is 15.7. The number of nitrogens with zero attached hydrogens (tertiary/aromatic N) is 1. The molecule has 0 radical (unpaired) electrons. The second-order valence-corrected chi connectivity index (χ2v) is 6.99. The number of hydrogen-bond donors (Lipinski definition) is 2. The van der Waals surface area contributed by atoms with Crippen LogP contribution in [-0.2, 0) is 4.79 Å². The molecule has 3 aromatic carbocycles. The molecule has 0 unspecified atom stereocenters. The Bertz CT molecular complexity index is 1090. The van der Waals surface area contributed by atoms with E-state index in [0.717, 1.165) is 5.56 Å². The summed E-state index contributed by atoms with van der Waals surface area (Å²) in [4.78, 5) is 25.2. The number of benzene rings is 3. The van der Waals surface area contributed by atoms with Crippen LogP contribution in [0.1, 0.15) is 21.5 Å². The van der Waals surface area contributed by atoms with Crippen LogP contribution in [0.2, 0.25) is 10.0 Å². The number of rotatable bonds is 6. The number of hydrogen-bond acceptors (Lipinski definition) is 3. The van der Waals surface area contributed by atoms with Gasteiger partial charge in [0.1, 0.15) is 5.70 Å². The van der Waals surface area contributed by atoms with Crippen LogP contribution in [0, 0.1) is 0 Å². The lowest BCUT2D eigenvalue weighted by Gasteiger charge is -2.09. The number of nitrogens with one attached hydrogen (secondary N) is 2. The molecule has 3 aromatic rings. The van der Waals surface area contributed by atoms with Crippen LogP contribution in [0.15, 0.2) is 89.7 Å². The predicted octanol–water partition coefficient (Wildman–Crippen LogP) is 4.91. The number of carbonyl (C=O) groups is 2. The molecule has 0 bridgehead atoms. The average Bonchev–Trinajstić information content (AvgIpc) is 2.76. The van der Waals surface area contributed by atoms with Crippen molar-refractivity contribution in [1.82, 2.24) is 10.7 Å². The quantitative estimate of drug-likeness (QED) is 0.326. The van der Waals surface area contributed by atoms with E-state index in [-0.39, 0.29) is 5.70 Å². The minimum absolute atomic E-state index is 0.00482. The van der Waals surface area contributed by atoms with Gasteiger partial charge in [0.25, 0.3) is 11.8 Å². The van der Waals surface area contributed by atoms with E-state index < -0.39 is 11.8 Å². The number of carbonyl (C=O) groups excluding carboxylic acids is 2. The first-order valence-corrected chi connectivity index (χ1v) is 9.70. The Morgan fingerprint density at radius 2 is 1.50 bits per heavy atom. The maximum absolute atomic E-state index is 12.7. The lowest BCUT2D eigenvalue weighted by molar-refractivity contribution is -0.117. The number of hydrazone groups is 1. The van der Waals surface area contributed by atoms with E-state index in [1.807, 2.05) is 0 Å². The van der Waals surface area contributed by atoms with Crippen molar-refractivity contribution in [2.45, 2.75) is 0 Å². The second-order valence-electron chi connectivity index (χ2n) is 6.15. The molecule has 0 aromatic heterocycles. The minimum atomic E-state index is -0.593. The van der Waals surface area contributed by atoms with Gasteiger partial charge in [-0.1, -0.05) is 71.7 Å². The summed E-state index contributed by atoms with van der Waals surface area (Å²) in [6, 6.07) is 22.5. The van der Waals surface area contributed by atoms with Crippen molar-refractivity contribution < 1.29 is 9.59 Å². The molecular formula is C23H17Cl2N3O2. The first-order chi connectivity index (χ1) is 14.5. The number of amides is 2. The highest BCUT2D eigenvalue weighted by molar-refractivity contribution is 6.32. The fourth-order valence-corrected chi connectivity index (χ4v) is 2.78. The molecule has 3 rings (SSSR count). The maximum atomic E-state index is 12.7. The van der Waals surface area contributed by atoms with Crippen LogP contribution in [0.3, 0.4) is 0 Å². The topological polar surface area (TPSA) is 70.6 Å². The van der Waals surface area contributed by atoms with Crippen molar-refractivity contribution in [3.63, 3.8) is 0 Å². The van der Waals surface area contributed by atoms with Crippen LogP contribution in [0.5, 0.6) is 0 Å². The van der Waals surface area contributed by atoms with Gasteiger partial charge in [-0.05, 0) is 47.5 Å². The van der Waals surface area contributed by atoms with Gasteiger partial charge >= 0.3 is 0 Å². The highest BCUT2D eigenvalue weighted by Gasteiger charge is 2.14. The van der Waals surface area contributed by atoms with Gasteiger partial charge in [0.15, 0.2) is 0 Å². The Hall–Kier alpha value is -3.41. The monoisotopic (exact) mass is 437 g/mol. The average molecular weight is 438 g/mol. The fourth-order valence-electron chi connectivity index (χ4n) is 2.46. The summed E-state index contributed by atoms with van der Waals surface area (Å²) in [5, 5.41) is 7.62. The van der Waals surface area contributed by atoms with Crippen molar-refractivity contribution in [1.29, 1.82) is 0 Å². The molecule has 0 spiro atoms. The molecule has 0 aliphatic heterocycles. The largest absolute Gasteiger partial charge is 0.317 e. The van der Waals surface area contributed by atoms with Gasteiger partial charge < -0.3 is 5.32 Å². The van der Waals surface area contributed by atoms with Crippen LogP contribution in [0.25, 0.3) is 6.08 Å². The van der Waals surface area contributed by atoms with Gasteiger partial charge in [-0.25, -0.2) is 5.43 Å². The van der Waals surface area contributed by atoms with E-state index in [9.17, 15) is 9.59 Å². The molecule has 0 aliphatic carbocycles. The molecule has 0 saturated heterocycles. The molecule has 0 atom stereocenters. The molecular weight excluding hydrogens is 421 g/mol. The molecule has 150 valence electrons. The first kappa shape index (κ1) is 21.3. The van der Waals surface area contributed by atoms with Crippen LogP contribution < -0.4 is 10.7 Å². The van der Waals surface area contributed by atoms with E-state index in [0.29, 0.717) is 21.2 Å². The van der Waals surface area contributed by atoms with Gasteiger partial charge in [0.05, 0.1) is 6.21 Å². The molecule has 0 saturated carbocycles. The van der Waals surface area contributed by atoms with Crippen LogP contribution >= 0.6 is 23.2 Å². The van der Waals surface area contributed by atoms with Gasteiger partial charge in [-0.15, -0.1) is 0 Å². The summed E-state index contributed by atoms with van der Waals surface area (Å²) in [6.07, 6.45) is 2.97. The van der Waals surface area contributed by atoms with E-state index >= 15 is 0 Å². The second kappa shape index (κ2) is 10.4. The third-order valence-electron chi connectivity index (χ3n) is 3.98. The van der Waals surface area contributed by atoms with E-state index in [2.05, 4.69) is 15.8 Å². The van der Waals surface area contributed by atoms with E-state index in [1.165, 1.54) is 12.3 Å². The van der Waals surface area contributed by atoms with Gasteiger partial charge in [0, 0.05) is 15.6 Å². The summed E-state index contributed by atoms with van der Waals surface area (Å²) in [5.74, 6) is -1.02. The van der Waals surface area contributed by atoms with Crippen molar-refractivity contribution in [2.75, 3.05) is 0 Å². The summed E-state index contributed by atoms with van der Waals surface area (Å²) < 4.78 is 0. The van der Waals surface area contributed by atoms with E-state index in [4.69, 9.17) is 23.2 Å². The molecule has 5 nitrogen and oxygen atoms in total. The molecule has 0 heterocycles. The first-order valence-electron chi connectivity index (χ1n) is 8.94. The van der Waals surface area contributed by atoms with Gasteiger partial charge in [0.2, 0.25) is 0 Å². The standard InChI is InChI=1S/C23H17Cl2N3O2/c24-19-12-10-16(11-13-19)15-26-28-23(30)21(14-18-8-4-5-9-20(18)25)27-22(29)17-6-2-1-3-7-17/h1-15H,(H,27,29)(H,28,30)/b21-14-,26-15+. The van der Waals surface area contributed by atoms with Crippen molar-refractivity contribution in [3.05, 3.63) is 111 Å². The Kier molecular flexibility index (Phi) is 7.38. The summed E-state index contributed by atoms with van der Waals surface area (Å²) in [6.45, 7) is 0. The fraction of sp³-hybridized carbons (Fsp3) is 0. The van der Waals surface area contributed by atoms with Gasteiger partial charge in [-0.3, -0.25) is 9.59 Å². The van der Waals surface area contributed by atoms with Crippen molar-refractivity contribution in [3.8, 4) is 0 Å². The Morgan fingerprint density at radius 1 is 0.833 bits per heavy atom. The van der Waals surface area contributed by atoms with Gasteiger partial charge in [-0.2, -0.15) is 5.10 Å². The third-order valence-corrected chi connectivity index (χ3v) is 4.58. The lowest BCUT2D eigenvalue weighted by atomic mass is 10.1. The maximum Gasteiger partial charge on any atom is 0.287 e. The zero-order valence-corrected chi connectivity index (χ0v) is 17.2. The smallest absolute Gasteiger partial charge is 0.287 e. The molecule has 2 amide bonds. The zero-order chi connectivity index (χ0) is 21.3. The van der Waals surface area contributed by atoms with Crippen molar-refractivity contribution in [2.24, 2.45) is 5.10 Å². The van der Waals surface area contributed by atoms with Crippen LogP contribution in [-0.4, -0.2) is 18.0 Å².